The summed E-state index contributed by atoms with van der Waals surface area (Å²) in [5, 5.41) is 11.9. The van der Waals surface area contributed by atoms with Gasteiger partial charge in [0, 0.05) is 6.54 Å². The first-order chi connectivity index (χ1) is 9.37. The van der Waals surface area contributed by atoms with Gasteiger partial charge >= 0.3 is 6.09 Å². The lowest BCUT2D eigenvalue weighted by atomic mass is 9.98. The molecule has 0 heterocycles. The second-order valence-corrected chi connectivity index (χ2v) is 5.66. The Morgan fingerprint density at radius 3 is 2.65 bits per heavy atom. The Balaban J connectivity index is 2.78. The molecule has 0 bridgehead atoms. The molecule has 1 amide bonds. The second-order valence-electron chi connectivity index (χ2n) is 5.66. The highest BCUT2D eigenvalue weighted by atomic mass is 16.6. The van der Waals surface area contributed by atoms with Crippen LogP contribution in [-0.2, 0) is 17.7 Å². The summed E-state index contributed by atoms with van der Waals surface area (Å²) < 4.78 is 5.20. The van der Waals surface area contributed by atoms with Crippen molar-refractivity contribution in [2.45, 2.75) is 52.7 Å². The van der Waals surface area contributed by atoms with Gasteiger partial charge in [-0.05, 0) is 44.4 Å². The van der Waals surface area contributed by atoms with Crippen LogP contribution in [0.3, 0.4) is 0 Å². The van der Waals surface area contributed by atoms with Gasteiger partial charge in [-0.15, -0.1) is 0 Å². The van der Waals surface area contributed by atoms with Gasteiger partial charge in [0.15, 0.2) is 0 Å². The first kappa shape index (κ1) is 16.0. The van der Waals surface area contributed by atoms with Crippen LogP contribution in [0.15, 0.2) is 18.2 Å². The van der Waals surface area contributed by atoms with E-state index in [4.69, 9.17) is 10.00 Å². The van der Waals surface area contributed by atoms with E-state index >= 15 is 0 Å². The van der Waals surface area contributed by atoms with Crippen LogP contribution in [0, 0.1) is 11.3 Å². The summed E-state index contributed by atoms with van der Waals surface area (Å²) in [6.45, 7) is 7.92. The van der Waals surface area contributed by atoms with Crippen molar-refractivity contribution in [3.8, 4) is 6.07 Å². The molecule has 108 valence electrons. The summed E-state index contributed by atoms with van der Waals surface area (Å²) in [5.41, 5.74) is 2.14. The van der Waals surface area contributed by atoms with Crippen LogP contribution in [0.1, 0.15) is 50.8 Å². The smallest absolute Gasteiger partial charge is 0.407 e. The number of nitrogens with zero attached hydrogens (tertiary/aromatic N) is 1. The van der Waals surface area contributed by atoms with Crippen LogP contribution in [0.25, 0.3) is 0 Å². The second kappa shape index (κ2) is 6.95. The highest BCUT2D eigenvalue weighted by molar-refractivity contribution is 5.67. The number of rotatable bonds is 4. The zero-order valence-electron chi connectivity index (χ0n) is 12.6. The Morgan fingerprint density at radius 1 is 1.40 bits per heavy atom. The summed E-state index contributed by atoms with van der Waals surface area (Å²) in [6, 6.07) is 7.78. The average Bonchev–Trinajstić information content (AvgIpc) is 2.35. The maximum Gasteiger partial charge on any atom is 0.407 e. The lowest BCUT2D eigenvalue weighted by Crippen LogP contribution is -2.32. The largest absolute Gasteiger partial charge is 0.444 e. The predicted molar refractivity (Wildman–Crippen MR) is 78.2 cm³/mol. The fourth-order valence-corrected chi connectivity index (χ4v) is 1.93. The minimum atomic E-state index is -0.509. The van der Waals surface area contributed by atoms with Crippen LogP contribution in [0.4, 0.5) is 4.79 Å². The predicted octanol–water partition coefficient (Wildman–Crippen LogP) is 3.54. The minimum Gasteiger partial charge on any atom is -0.444 e. The Bertz CT molecular complexity index is 510. The van der Waals surface area contributed by atoms with Crippen molar-refractivity contribution < 1.29 is 9.53 Å². The van der Waals surface area contributed by atoms with E-state index in [0.717, 1.165) is 24.0 Å². The molecule has 0 aliphatic carbocycles. The molecule has 0 atom stereocenters. The summed E-state index contributed by atoms with van der Waals surface area (Å²) in [6.07, 6.45) is 1.34. The Hall–Kier alpha value is -2.02. The summed E-state index contributed by atoms with van der Waals surface area (Å²) in [4.78, 5) is 11.7. The number of benzene rings is 1. The van der Waals surface area contributed by atoms with E-state index in [-0.39, 0.29) is 0 Å². The van der Waals surface area contributed by atoms with E-state index in [1.54, 1.807) is 0 Å². The van der Waals surface area contributed by atoms with Crippen molar-refractivity contribution in [1.82, 2.24) is 5.32 Å². The molecule has 1 N–H and O–H groups in total. The first-order valence-corrected chi connectivity index (χ1v) is 6.85. The number of ether oxygens (including phenoxy) is 1. The van der Waals surface area contributed by atoms with Crippen molar-refractivity contribution in [3.63, 3.8) is 0 Å². The minimum absolute atomic E-state index is 0.375. The molecular weight excluding hydrogens is 252 g/mol. The maximum atomic E-state index is 11.7. The van der Waals surface area contributed by atoms with Gasteiger partial charge in [0.25, 0.3) is 0 Å². The highest BCUT2D eigenvalue weighted by Crippen LogP contribution is 2.16. The van der Waals surface area contributed by atoms with Crippen LogP contribution >= 0.6 is 0 Å². The lowest BCUT2D eigenvalue weighted by molar-refractivity contribution is 0.0523. The number of nitrogens with one attached hydrogen (secondary N) is 1. The zero-order chi connectivity index (χ0) is 15.2. The molecule has 4 nitrogen and oxygen atoms in total. The summed E-state index contributed by atoms with van der Waals surface area (Å²) in [7, 11) is 0. The quantitative estimate of drug-likeness (QED) is 0.913. The zero-order valence-corrected chi connectivity index (χ0v) is 12.6. The average molecular weight is 274 g/mol. The molecule has 0 unspecified atom stereocenters. The molecule has 1 rings (SSSR count). The van der Waals surface area contributed by atoms with Gasteiger partial charge in [0.05, 0.1) is 11.6 Å². The Morgan fingerprint density at radius 2 is 2.10 bits per heavy atom. The Kier molecular flexibility index (Phi) is 5.57. The molecule has 0 spiro atoms. The molecular formula is C16H22N2O2. The topological polar surface area (TPSA) is 62.1 Å². The van der Waals surface area contributed by atoms with Crippen molar-refractivity contribution in [3.05, 3.63) is 34.9 Å². The molecule has 4 heteroatoms. The van der Waals surface area contributed by atoms with Crippen LogP contribution < -0.4 is 5.32 Å². The van der Waals surface area contributed by atoms with E-state index in [2.05, 4.69) is 18.3 Å². The van der Waals surface area contributed by atoms with E-state index < -0.39 is 11.7 Å². The molecule has 20 heavy (non-hydrogen) atoms. The monoisotopic (exact) mass is 274 g/mol. The number of carbonyl (C=O) groups is 1. The molecule has 0 fully saturated rings. The molecule has 1 aromatic rings. The van der Waals surface area contributed by atoms with Gasteiger partial charge in [0.2, 0.25) is 0 Å². The first-order valence-electron chi connectivity index (χ1n) is 6.85. The SMILES string of the molecule is CCCc1c(C#N)cccc1CNC(=O)OC(C)(C)C. The third-order valence-electron chi connectivity index (χ3n) is 2.72. The van der Waals surface area contributed by atoms with E-state index in [9.17, 15) is 4.79 Å². The van der Waals surface area contributed by atoms with Gasteiger partial charge in [-0.3, -0.25) is 0 Å². The van der Waals surface area contributed by atoms with Crippen LogP contribution in [0.5, 0.6) is 0 Å². The number of nitriles is 1. The highest BCUT2D eigenvalue weighted by Gasteiger charge is 2.16. The Labute approximate surface area is 120 Å². The molecule has 0 saturated carbocycles. The molecule has 0 aliphatic heterocycles. The standard InChI is InChI=1S/C16H22N2O2/c1-5-7-14-12(10-17)8-6-9-13(14)11-18-15(19)20-16(2,3)4/h6,8-9H,5,7,11H2,1-4H3,(H,18,19). The van der Waals surface area contributed by atoms with E-state index in [1.165, 1.54) is 0 Å². The van der Waals surface area contributed by atoms with Crippen molar-refractivity contribution in [2.75, 3.05) is 0 Å². The molecule has 0 saturated heterocycles. The number of carbonyl (C=O) groups excluding carboxylic acids is 1. The van der Waals surface area contributed by atoms with Gasteiger partial charge in [0.1, 0.15) is 5.60 Å². The normalized spacial score (nSPS) is 10.8. The van der Waals surface area contributed by atoms with Crippen molar-refractivity contribution >= 4 is 6.09 Å². The van der Waals surface area contributed by atoms with E-state index in [1.807, 2.05) is 39.0 Å². The lowest BCUT2D eigenvalue weighted by Gasteiger charge is -2.20. The van der Waals surface area contributed by atoms with E-state index in [0.29, 0.717) is 12.1 Å². The summed E-state index contributed by atoms with van der Waals surface area (Å²) in [5.74, 6) is 0. The molecule has 0 aliphatic rings. The summed E-state index contributed by atoms with van der Waals surface area (Å²) >= 11 is 0. The fraction of sp³-hybridized carbons (Fsp3) is 0.500. The molecule has 0 radical (unpaired) electrons. The van der Waals surface area contributed by atoms with Crippen molar-refractivity contribution in [2.24, 2.45) is 0 Å². The number of hydrogen-bond acceptors (Lipinski definition) is 3. The van der Waals surface area contributed by atoms with Crippen LogP contribution in [0.2, 0.25) is 0 Å². The van der Waals surface area contributed by atoms with Gasteiger partial charge in [-0.25, -0.2) is 4.79 Å². The van der Waals surface area contributed by atoms with Gasteiger partial charge in [-0.2, -0.15) is 5.26 Å². The van der Waals surface area contributed by atoms with Gasteiger partial charge in [-0.1, -0.05) is 25.5 Å². The maximum absolute atomic E-state index is 11.7. The van der Waals surface area contributed by atoms with Gasteiger partial charge < -0.3 is 10.1 Å². The van der Waals surface area contributed by atoms with Crippen molar-refractivity contribution in [1.29, 1.82) is 5.26 Å². The third kappa shape index (κ3) is 4.93. The fourth-order valence-electron chi connectivity index (χ4n) is 1.93. The number of alkyl carbamates (subject to hydrolysis) is 1. The number of amides is 1. The van der Waals surface area contributed by atoms with Crippen LogP contribution in [-0.4, -0.2) is 11.7 Å². The third-order valence-corrected chi connectivity index (χ3v) is 2.72. The molecule has 1 aromatic carbocycles. The molecule has 0 aromatic heterocycles. The number of hydrogen-bond donors (Lipinski definition) is 1.